The number of nitrogens with zero attached hydrogens (tertiary/aromatic N) is 3. The topological polar surface area (TPSA) is 64.6 Å². The zero-order valence-electron chi connectivity index (χ0n) is 18.1. The van der Waals surface area contributed by atoms with Crippen molar-refractivity contribution in [2.45, 2.75) is 46.1 Å². The molecule has 1 amide bonds. The van der Waals surface area contributed by atoms with Gasteiger partial charge >= 0.3 is 0 Å². The second kappa shape index (κ2) is 8.22. The van der Waals surface area contributed by atoms with Crippen LogP contribution in [0.5, 0.6) is 11.5 Å². The molecule has 0 spiro atoms. The first-order valence-electron chi connectivity index (χ1n) is 10.3. The molecule has 2 aromatic heterocycles. The number of likely N-dealkylation sites (tertiary alicyclic amines) is 1. The lowest BCUT2D eigenvalue weighted by Gasteiger charge is -2.25. The monoisotopic (exact) mass is 425 g/mol. The van der Waals surface area contributed by atoms with Gasteiger partial charge in [-0.05, 0) is 49.9 Å². The van der Waals surface area contributed by atoms with Gasteiger partial charge in [0.2, 0.25) is 0 Å². The molecule has 0 saturated carbocycles. The Morgan fingerprint density at radius 3 is 2.67 bits per heavy atom. The summed E-state index contributed by atoms with van der Waals surface area (Å²) in [6, 6.07) is 5.94. The fraction of sp³-hybridized carbons (Fsp3) is 0.435. The summed E-state index contributed by atoms with van der Waals surface area (Å²) in [4.78, 5) is 26.5. The van der Waals surface area contributed by atoms with Crippen molar-refractivity contribution < 1.29 is 14.3 Å². The van der Waals surface area contributed by atoms with Gasteiger partial charge in [0.25, 0.3) is 5.91 Å². The first-order valence-corrected chi connectivity index (χ1v) is 11.1. The number of rotatable bonds is 5. The van der Waals surface area contributed by atoms with Crippen LogP contribution >= 0.6 is 11.3 Å². The molecule has 6 nitrogen and oxygen atoms in total. The van der Waals surface area contributed by atoms with Crippen molar-refractivity contribution in [2.24, 2.45) is 0 Å². The molecule has 30 heavy (non-hydrogen) atoms. The number of ether oxygens (including phenoxy) is 2. The molecule has 1 fully saturated rings. The van der Waals surface area contributed by atoms with E-state index in [1.165, 1.54) is 11.3 Å². The van der Waals surface area contributed by atoms with Gasteiger partial charge in [0.15, 0.2) is 11.5 Å². The molecule has 1 saturated heterocycles. The van der Waals surface area contributed by atoms with Gasteiger partial charge in [-0.1, -0.05) is 13.0 Å². The molecule has 0 bridgehead atoms. The molecule has 0 unspecified atom stereocenters. The summed E-state index contributed by atoms with van der Waals surface area (Å²) >= 11 is 1.49. The number of amides is 1. The summed E-state index contributed by atoms with van der Waals surface area (Å²) in [7, 11) is 3.26. The number of aryl methyl sites for hydroxylation is 3. The molecule has 1 aliphatic heterocycles. The maximum absolute atomic E-state index is 13.6. The third kappa shape index (κ3) is 3.41. The van der Waals surface area contributed by atoms with E-state index in [0.29, 0.717) is 11.5 Å². The Balaban J connectivity index is 1.71. The van der Waals surface area contributed by atoms with Crippen LogP contribution < -0.4 is 9.47 Å². The molecule has 0 radical (unpaired) electrons. The first kappa shape index (κ1) is 20.6. The number of hydrogen-bond acceptors (Lipinski definition) is 6. The molecular formula is C23H27N3O3S. The van der Waals surface area contributed by atoms with Gasteiger partial charge in [-0.3, -0.25) is 4.79 Å². The molecule has 1 atom stereocenters. The second-order valence-corrected chi connectivity index (χ2v) is 8.59. The predicted octanol–water partition coefficient (Wildman–Crippen LogP) is 4.87. The van der Waals surface area contributed by atoms with E-state index in [-0.39, 0.29) is 11.9 Å². The maximum Gasteiger partial charge on any atom is 0.264 e. The third-order valence-corrected chi connectivity index (χ3v) is 7.01. The van der Waals surface area contributed by atoms with Crippen molar-refractivity contribution >= 4 is 27.5 Å². The first-order chi connectivity index (χ1) is 14.5. The number of hydrogen-bond donors (Lipinski definition) is 0. The fourth-order valence-electron chi connectivity index (χ4n) is 4.30. The highest BCUT2D eigenvalue weighted by molar-refractivity contribution is 7.20. The van der Waals surface area contributed by atoms with Crippen molar-refractivity contribution in [3.8, 4) is 11.5 Å². The summed E-state index contributed by atoms with van der Waals surface area (Å²) in [5.41, 5.74) is 3.00. The van der Waals surface area contributed by atoms with Crippen LogP contribution in [-0.4, -0.2) is 41.5 Å². The number of carbonyl (C=O) groups is 1. The summed E-state index contributed by atoms with van der Waals surface area (Å²) in [5.74, 6) is 2.28. The summed E-state index contributed by atoms with van der Waals surface area (Å²) in [5, 5.41) is 1.02. The highest BCUT2D eigenvalue weighted by Crippen LogP contribution is 2.39. The van der Waals surface area contributed by atoms with E-state index in [2.05, 4.69) is 9.97 Å². The predicted molar refractivity (Wildman–Crippen MR) is 119 cm³/mol. The van der Waals surface area contributed by atoms with E-state index in [1.807, 2.05) is 43.9 Å². The fourth-order valence-corrected chi connectivity index (χ4v) is 5.51. The second-order valence-electron chi connectivity index (χ2n) is 7.59. The minimum Gasteiger partial charge on any atom is -0.493 e. The summed E-state index contributed by atoms with van der Waals surface area (Å²) < 4.78 is 10.8. The van der Waals surface area contributed by atoms with Crippen LogP contribution in [0.15, 0.2) is 18.2 Å². The molecule has 0 aliphatic carbocycles. The quantitative estimate of drug-likeness (QED) is 0.584. The van der Waals surface area contributed by atoms with E-state index in [0.717, 1.165) is 63.5 Å². The minimum absolute atomic E-state index is 0.0281. The Kier molecular flexibility index (Phi) is 5.64. The molecule has 4 rings (SSSR count). The van der Waals surface area contributed by atoms with Crippen molar-refractivity contribution in [3.63, 3.8) is 0 Å². The van der Waals surface area contributed by atoms with E-state index < -0.39 is 0 Å². The lowest BCUT2D eigenvalue weighted by Crippen LogP contribution is -2.30. The molecular weight excluding hydrogens is 398 g/mol. The number of methoxy groups -OCH3 is 2. The Hall–Kier alpha value is -2.67. The van der Waals surface area contributed by atoms with Gasteiger partial charge in [0.05, 0.1) is 25.1 Å². The van der Waals surface area contributed by atoms with Crippen LogP contribution in [0.25, 0.3) is 10.2 Å². The lowest BCUT2D eigenvalue weighted by molar-refractivity contribution is 0.0740. The largest absolute Gasteiger partial charge is 0.493 e. The zero-order valence-corrected chi connectivity index (χ0v) is 18.9. The normalized spacial score (nSPS) is 16.3. The number of carbonyl (C=O) groups excluding carboxylic acids is 1. The third-order valence-electron chi connectivity index (χ3n) is 5.83. The summed E-state index contributed by atoms with van der Waals surface area (Å²) in [6.45, 7) is 6.80. The Bertz CT molecular complexity index is 1110. The van der Waals surface area contributed by atoms with Crippen LogP contribution in [0.4, 0.5) is 0 Å². The van der Waals surface area contributed by atoms with Crippen LogP contribution in [0.3, 0.4) is 0 Å². The number of aromatic nitrogens is 2. The van der Waals surface area contributed by atoms with Crippen molar-refractivity contribution in [1.82, 2.24) is 14.9 Å². The maximum atomic E-state index is 13.6. The van der Waals surface area contributed by atoms with Gasteiger partial charge < -0.3 is 14.4 Å². The van der Waals surface area contributed by atoms with Gasteiger partial charge in [0, 0.05) is 24.0 Å². The van der Waals surface area contributed by atoms with Crippen LogP contribution in [-0.2, 0) is 6.42 Å². The molecule has 1 aliphatic rings. The van der Waals surface area contributed by atoms with Gasteiger partial charge in [-0.15, -0.1) is 11.3 Å². The number of benzene rings is 1. The smallest absolute Gasteiger partial charge is 0.264 e. The van der Waals surface area contributed by atoms with Gasteiger partial charge in [0.1, 0.15) is 10.7 Å². The van der Waals surface area contributed by atoms with Crippen LogP contribution in [0.2, 0.25) is 0 Å². The Morgan fingerprint density at radius 1 is 1.20 bits per heavy atom. The molecule has 158 valence electrons. The number of thiophene rings is 1. The van der Waals surface area contributed by atoms with E-state index >= 15 is 0 Å². The lowest BCUT2D eigenvalue weighted by atomic mass is 10.0. The molecule has 1 aromatic carbocycles. The van der Waals surface area contributed by atoms with Crippen LogP contribution in [0, 0.1) is 13.8 Å². The van der Waals surface area contributed by atoms with Gasteiger partial charge in [-0.25, -0.2) is 9.97 Å². The highest BCUT2D eigenvalue weighted by Gasteiger charge is 2.33. The van der Waals surface area contributed by atoms with Crippen LogP contribution in [0.1, 0.15) is 58.1 Å². The minimum atomic E-state index is 0.0281. The van der Waals surface area contributed by atoms with E-state index in [9.17, 15) is 4.79 Å². The van der Waals surface area contributed by atoms with Crippen molar-refractivity contribution in [3.05, 3.63) is 45.7 Å². The van der Waals surface area contributed by atoms with E-state index in [1.54, 1.807) is 14.2 Å². The average molecular weight is 426 g/mol. The Morgan fingerprint density at radius 2 is 1.97 bits per heavy atom. The molecule has 3 heterocycles. The highest BCUT2D eigenvalue weighted by atomic mass is 32.1. The molecule has 0 N–H and O–H groups in total. The SMILES string of the molecule is CCc1nc(C)c2c(C)c(C(=O)N3CCC[C@@H]3c3ccc(OC)c(OC)c3)sc2n1. The average Bonchev–Trinajstić information content (AvgIpc) is 3.37. The molecule has 3 aromatic rings. The summed E-state index contributed by atoms with van der Waals surface area (Å²) in [6.07, 6.45) is 2.70. The zero-order chi connectivity index (χ0) is 21.4. The van der Waals surface area contributed by atoms with Gasteiger partial charge in [-0.2, -0.15) is 0 Å². The van der Waals surface area contributed by atoms with E-state index in [4.69, 9.17) is 9.47 Å². The Labute approximate surface area is 180 Å². The standard InChI is InChI=1S/C23H27N3O3S/c1-6-19-24-14(3)20-13(2)21(30-22(20)25-19)23(27)26-11-7-8-16(26)15-9-10-17(28-4)18(12-15)29-5/h9-10,12,16H,6-8,11H2,1-5H3/t16-/m1/s1. The van der Waals surface area contributed by atoms with Crippen molar-refractivity contribution in [2.75, 3.05) is 20.8 Å². The molecule has 7 heteroatoms. The number of fused-ring (bicyclic) bond motifs is 1. The van der Waals surface area contributed by atoms with Crippen molar-refractivity contribution in [1.29, 1.82) is 0 Å².